The largest absolute Gasteiger partial charge is 0.346 e. The third kappa shape index (κ3) is 3.63. The van der Waals surface area contributed by atoms with Crippen molar-refractivity contribution in [2.75, 3.05) is 5.32 Å². The minimum Gasteiger partial charge on any atom is -0.346 e. The van der Waals surface area contributed by atoms with E-state index in [-0.39, 0.29) is 23.1 Å². The molecule has 142 valence electrons. The minimum atomic E-state index is -0.187. The Bertz CT molecular complexity index is 1020. The maximum atomic E-state index is 12.7. The van der Waals surface area contributed by atoms with E-state index in [1.807, 2.05) is 44.2 Å². The molecule has 0 unspecified atom stereocenters. The van der Waals surface area contributed by atoms with Crippen LogP contribution >= 0.6 is 11.8 Å². The number of aromatic nitrogens is 3. The summed E-state index contributed by atoms with van der Waals surface area (Å²) < 4.78 is 1.67. The van der Waals surface area contributed by atoms with Gasteiger partial charge < -0.3 is 10.6 Å². The SMILES string of the molecule is C[C@@H]1Sc2ccc(C(=O)N[C@H](C)c3ccc(-n4cncn4)cc3)cc2NC1=O. The molecule has 4 rings (SSSR count). The summed E-state index contributed by atoms with van der Waals surface area (Å²) in [7, 11) is 0. The number of hydrogen-bond acceptors (Lipinski definition) is 5. The molecule has 2 aromatic carbocycles. The van der Waals surface area contributed by atoms with Gasteiger partial charge in [0, 0.05) is 10.5 Å². The molecule has 0 radical (unpaired) electrons. The summed E-state index contributed by atoms with van der Waals surface area (Å²) in [4.78, 5) is 29.4. The number of carbonyl (C=O) groups excluding carboxylic acids is 2. The van der Waals surface area contributed by atoms with Crippen molar-refractivity contribution in [3.63, 3.8) is 0 Å². The summed E-state index contributed by atoms with van der Waals surface area (Å²) in [6, 6.07) is 13.0. The molecule has 1 aromatic heterocycles. The monoisotopic (exact) mass is 393 g/mol. The van der Waals surface area contributed by atoms with Crippen LogP contribution in [0.3, 0.4) is 0 Å². The van der Waals surface area contributed by atoms with Crippen LogP contribution in [-0.4, -0.2) is 31.8 Å². The zero-order chi connectivity index (χ0) is 19.7. The highest BCUT2D eigenvalue weighted by molar-refractivity contribution is 8.00. The molecule has 0 fully saturated rings. The number of benzene rings is 2. The first kappa shape index (κ1) is 18.2. The molecule has 0 bridgehead atoms. The van der Waals surface area contributed by atoms with Crippen molar-refractivity contribution in [1.82, 2.24) is 20.1 Å². The van der Waals surface area contributed by atoms with Crippen LogP contribution in [0.2, 0.25) is 0 Å². The van der Waals surface area contributed by atoms with Crippen LogP contribution in [0.5, 0.6) is 0 Å². The van der Waals surface area contributed by atoms with Crippen LogP contribution in [0, 0.1) is 0 Å². The van der Waals surface area contributed by atoms with Gasteiger partial charge in [0.2, 0.25) is 5.91 Å². The van der Waals surface area contributed by atoms with Gasteiger partial charge in [-0.25, -0.2) is 9.67 Å². The van der Waals surface area contributed by atoms with Crippen molar-refractivity contribution >= 4 is 29.3 Å². The number of hydrogen-bond donors (Lipinski definition) is 2. The molecule has 0 spiro atoms. The fourth-order valence-corrected chi connectivity index (χ4v) is 3.90. The topological polar surface area (TPSA) is 88.9 Å². The third-order valence-corrected chi connectivity index (χ3v) is 5.77. The Morgan fingerprint density at radius 1 is 1.25 bits per heavy atom. The molecule has 2 atom stereocenters. The molecule has 0 saturated heterocycles. The molecule has 1 aliphatic rings. The van der Waals surface area contributed by atoms with Gasteiger partial charge in [-0.1, -0.05) is 12.1 Å². The fourth-order valence-electron chi connectivity index (χ4n) is 2.97. The van der Waals surface area contributed by atoms with Crippen LogP contribution in [0.1, 0.15) is 35.8 Å². The van der Waals surface area contributed by atoms with Gasteiger partial charge in [-0.15, -0.1) is 11.8 Å². The lowest BCUT2D eigenvalue weighted by atomic mass is 10.1. The Morgan fingerprint density at radius 3 is 2.75 bits per heavy atom. The Labute approximate surface area is 166 Å². The lowest BCUT2D eigenvalue weighted by Crippen LogP contribution is -2.28. The highest BCUT2D eigenvalue weighted by atomic mass is 32.2. The molecule has 1 aliphatic heterocycles. The van der Waals surface area contributed by atoms with E-state index in [0.717, 1.165) is 16.1 Å². The number of rotatable bonds is 4. The van der Waals surface area contributed by atoms with E-state index in [1.165, 1.54) is 18.1 Å². The molecule has 28 heavy (non-hydrogen) atoms. The van der Waals surface area contributed by atoms with Crippen LogP contribution in [0.4, 0.5) is 5.69 Å². The second kappa shape index (κ2) is 7.47. The molecule has 2 N–H and O–H groups in total. The van der Waals surface area contributed by atoms with Gasteiger partial charge >= 0.3 is 0 Å². The van der Waals surface area contributed by atoms with Crippen molar-refractivity contribution < 1.29 is 9.59 Å². The minimum absolute atomic E-state index is 0.0455. The molecule has 8 heteroatoms. The number of amides is 2. The van der Waals surface area contributed by atoms with Gasteiger partial charge in [0.05, 0.1) is 22.7 Å². The Kier molecular flexibility index (Phi) is 4.87. The molecule has 2 heterocycles. The first-order valence-electron chi connectivity index (χ1n) is 8.88. The van der Waals surface area contributed by atoms with Crippen molar-refractivity contribution in [2.45, 2.75) is 30.0 Å². The predicted molar refractivity (Wildman–Crippen MR) is 108 cm³/mol. The van der Waals surface area contributed by atoms with Crippen molar-refractivity contribution in [3.8, 4) is 5.69 Å². The van der Waals surface area contributed by atoms with Gasteiger partial charge in [0.25, 0.3) is 5.91 Å². The Hall–Kier alpha value is -3.13. The number of nitrogens with one attached hydrogen (secondary N) is 2. The van der Waals surface area contributed by atoms with Gasteiger partial charge in [0.1, 0.15) is 12.7 Å². The number of anilines is 1. The summed E-state index contributed by atoms with van der Waals surface area (Å²) in [6.07, 6.45) is 3.12. The van der Waals surface area contributed by atoms with Crippen molar-refractivity contribution in [1.29, 1.82) is 0 Å². The van der Waals surface area contributed by atoms with Crippen LogP contribution in [0.25, 0.3) is 5.69 Å². The predicted octanol–water partition coefficient (Wildman–Crippen LogP) is 3.19. The van der Waals surface area contributed by atoms with E-state index in [2.05, 4.69) is 20.7 Å². The standard InChI is InChI=1S/C20H19N5O2S/c1-12(14-3-6-16(7-4-14)25-11-21-10-22-25)23-20(27)15-5-8-18-17(9-15)24-19(26)13(2)28-18/h3-13H,1-2H3,(H,23,27)(H,24,26)/t12-,13+/m1/s1. The van der Waals surface area contributed by atoms with E-state index in [1.54, 1.807) is 23.1 Å². The maximum Gasteiger partial charge on any atom is 0.251 e. The molecule has 2 amide bonds. The first-order valence-corrected chi connectivity index (χ1v) is 9.76. The second-order valence-electron chi connectivity index (χ2n) is 6.59. The van der Waals surface area contributed by atoms with Gasteiger partial charge in [-0.2, -0.15) is 5.10 Å². The van der Waals surface area contributed by atoms with E-state index in [9.17, 15) is 9.59 Å². The van der Waals surface area contributed by atoms with E-state index >= 15 is 0 Å². The quantitative estimate of drug-likeness (QED) is 0.711. The molecular weight excluding hydrogens is 374 g/mol. The Morgan fingerprint density at radius 2 is 2.04 bits per heavy atom. The second-order valence-corrected chi connectivity index (χ2v) is 7.97. The van der Waals surface area contributed by atoms with E-state index in [0.29, 0.717) is 11.3 Å². The number of nitrogens with zero attached hydrogens (tertiary/aromatic N) is 3. The third-order valence-electron chi connectivity index (χ3n) is 4.60. The zero-order valence-electron chi connectivity index (χ0n) is 15.4. The number of thioether (sulfide) groups is 1. The number of carbonyl (C=O) groups is 2. The fraction of sp³-hybridized carbons (Fsp3) is 0.200. The lowest BCUT2D eigenvalue weighted by molar-refractivity contribution is -0.115. The lowest BCUT2D eigenvalue weighted by Gasteiger charge is -2.22. The number of fused-ring (bicyclic) bond motifs is 1. The summed E-state index contributed by atoms with van der Waals surface area (Å²) in [5.41, 5.74) is 3.08. The van der Waals surface area contributed by atoms with E-state index in [4.69, 9.17) is 0 Å². The highest BCUT2D eigenvalue weighted by Gasteiger charge is 2.24. The average molecular weight is 393 g/mol. The van der Waals surface area contributed by atoms with Crippen molar-refractivity contribution in [3.05, 3.63) is 66.2 Å². The van der Waals surface area contributed by atoms with Crippen LogP contribution < -0.4 is 10.6 Å². The summed E-state index contributed by atoms with van der Waals surface area (Å²) in [5.74, 6) is -0.232. The maximum absolute atomic E-state index is 12.7. The molecule has 0 aliphatic carbocycles. The molecule has 7 nitrogen and oxygen atoms in total. The van der Waals surface area contributed by atoms with Gasteiger partial charge in [-0.3, -0.25) is 9.59 Å². The molecule has 0 saturated carbocycles. The Balaban J connectivity index is 1.46. The molecule has 3 aromatic rings. The summed E-state index contributed by atoms with van der Waals surface area (Å²) >= 11 is 1.50. The molecular formula is C20H19N5O2S. The normalized spacial score (nSPS) is 16.8. The summed E-state index contributed by atoms with van der Waals surface area (Å²) in [5, 5.41) is 9.82. The van der Waals surface area contributed by atoms with Gasteiger partial charge in [-0.05, 0) is 49.7 Å². The summed E-state index contributed by atoms with van der Waals surface area (Å²) in [6.45, 7) is 3.79. The van der Waals surface area contributed by atoms with Crippen LogP contribution in [0.15, 0.2) is 60.0 Å². The zero-order valence-corrected chi connectivity index (χ0v) is 16.2. The van der Waals surface area contributed by atoms with Crippen LogP contribution in [-0.2, 0) is 4.79 Å². The first-order chi connectivity index (χ1) is 13.5. The van der Waals surface area contributed by atoms with Crippen molar-refractivity contribution in [2.24, 2.45) is 0 Å². The smallest absolute Gasteiger partial charge is 0.251 e. The highest BCUT2D eigenvalue weighted by Crippen LogP contribution is 2.36. The van der Waals surface area contributed by atoms with Gasteiger partial charge in [0.15, 0.2) is 0 Å². The average Bonchev–Trinajstić information content (AvgIpc) is 3.23. The van der Waals surface area contributed by atoms with E-state index < -0.39 is 0 Å².